The lowest BCUT2D eigenvalue weighted by molar-refractivity contribution is -0.138. The van der Waals surface area contributed by atoms with Crippen LogP contribution in [0.4, 0.5) is 26.3 Å². The van der Waals surface area contributed by atoms with E-state index >= 15 is 0 Å². The van der Waals surface area contributed by atoms with E-state index in [0.717, 1.165) is 28.9 Å². The number of Topliss-reactive ketones (excluding diaryl/α,β-unsaturated/α-hetero) is 1. The van der Waals surface area contributed by atoms with Gasteiger partial charge in [-0.15, -0.1) is 5.10 Å². The summed E-state index contributed by atoms with van der Waals surface area (Å²) in [5, 5.41) is 4.17. The summed E-state index contributed by atoms with van der Waals surface area (Å²) in [5.74, 6) is -0.402. The van der Waals surface area contributed by atoms with E-state index < -0.39 is 46.9 Å². The molecule has 2 aromatic carbocycles. The summed E-state index contributed by atoms with van der Waals surface area (Å²) in [6.45, 7) is 2.92. The van der Waals surface area contributed by atoms with Crippen molar-refractivity contribution < 1.29 is 35.9 Å². The molecule has 1 heterocycles. The second kappa shape index (κ2) is 10.5. The quantitative estimate of drug-likeness (QED) is 0.352. The highest BCUT2D eigenvalue weighted by molar-refractivity contribution is 5.79. The minimum absolute atomic E-state index is 0.0373. The van der Waals surface area contributed by atoms with Crippen LogP contribution in [0, 0.1) is 0 Å². The minimum Gasteiger partial charge on any atom is -0.383 e. The van der Waals surface area contributed by atoms with E-state index in [9.17, 15) is 35.9 Å². The number of hydrogen-bond donors (Lipinski definition) is 0. The lowest BCUT2D eigenvalue weighted by Gasteiger charge is -2.25. The zero-order valence-electron chi connectivity index (χ0n) is 20.3. The van der Waals surface area contributed by atoms with Crippen molar-refractivity contribution in [2.45, 2.75) is 51.1 Å². The van der Waals surface area contributed by atoms with Gasteiger partial charge in [0.25, 0.3) is 0 Å². The van der Waals surface area contributed by atoms with Crippen molar-refractivity contribution in [3.63, 3.8) is 0 Å². The molecule has 200 valence electrons. The molecule has 0 radical (unpaired) electrons. The van der Waals surface area contributed by atoms with Gasteiger partial charge in [-0.3, -0.25) is 9.36 Å². The normalized spacial score (nSPS) is 12.7. The first-order valence-corrected chi connectivity index (χ1v) is 11.2. The maximum absolute atomic E-state index is 13.1. The highest BCUT2D eigenvalue weighted by Crippen LogP contribution is 2.34. The van der Waals surface area contributed by atoms with Crippen LogP contribution in [0.1, 0.15) is 37.0 Å². The van der Waals surface area contributed by atoms with Crippen LogP contribution in [0.3, 0.4) is 0 Å². The number of benzene rings is 2. The molecule has 1 aromatic heterocycles. The third kappa shape index (κ3) is 6.68. The number of nitrogens with zero attached hydrogens (tertiary/aromatic N) is 3. The molecule has 0 atom stereocenters. The van der Waals surface area contributed by atoms with Crippen LogP contribution in [-0.2, 0) is 40.4 Å². The molecule has 0 aliphatic carbocycles. The standard InChI is InChI=1S/C25H25F6N3O3/c1-23(2,18-5-4-6-19(13-18)25(29,30)31)14-20(35)15-34-22(36)33(11-12-37-3)21(32-34)16-7-9-17(10-8-16)24(26,27)28/h4-10,13H,11-12,14-15H2,1-3H3. The Hall–Kier alpha value is -3.41. The zero-order chi connectivity index (χ0) is 27.6. The predicted molar refractivity (Wildman–Crippen MR) is 123 cm³/mol. The predicted octanol–water partition coefficient (Wildman–Crippen LogP) is 5.33. The number of ketones is 1. The topological polar surface area (TPSA) is 66.1 Å². The number of rotatable bonds is 9. The molecule has 0 saturated heterocycles. The van der Waals surface area contributed by atoms with E-state index in [0.29, 0.717) is 5.56 Å². The minimum atomic E-state index is -4.54. The summed E-state index contributed by atoms with van der Waals surface area (Å²) in [7, 11) is 1.41. The number of carbonyl (C=O) groups excluding carboxylic acids is 1. The smallest absolute Gasteiger partial charge is 0.383 e. The van der Waals surface area contributed by atoms with Gasteiger partial charge in [0.1, 0.15) is 6.54 Å². The van der Waals surface area contributed by atoms with Gasteiger partial charge in [-0.1, -0.05) is 44.2 Å². The summed E-state index contributed by atoms with van der Waals surface area (Å²) >= 11 is 0. The number of aromatic nitrogens is 3. The maximum atomic E-state index is 13.1. The van der Waals surface area contributed by atoms with Crippen molar-refractivity contribution >= 4 is 5.78 Å². The van der Waals surface area contributed by atoms with Gasteiger partial charge in [-0.25, -0.2) is 9.48 Å². The maximum Gasteiger partial charge on any atom is 0.416 e. The van der Waals surface area contributed by atoms with E-state index in [-0.39, 0.29) is 31.0 Å². The van der Waals surface area contributed by atoms with Crippen LogP contribution < -0.4 is 5.69 Å². The molecule has 3 aromatic rings. The van der Waals surface area contributed by atoms with Crippen LogP contribution >= 0.6 is 0 Å². The van der Waals surface area contributed by atoms with Crippen LogP contribution in [0.25, 0.3) is 11.4 Å². The van der Waals surface area contributed by atoms with E-state index in [1.807, 2.05) is 0 Å². The van der Waals surface area contributed by atoms with Crippen LogP contribution in [-0.4, -0.2) is 33.8 Å². The molecule has 0 N–H and O–H groups in total. The molecule has 0 spiro atoms. The number of halogens is 6. The molecule has 3 rings (SSSR count). The Morgan fingerprint density at radius 1 is 0.919 bits per heavy atom. The molecule has 0 saturated carbocycles. The van der Waals surface area contributed by atoms with Gasteiger partial charge in [-0.05, 0) is 29.2 Å². The lowest BCUT2D eigenvalue weighted by atomic mass is 9.79. The number of carbonyl (C=O) groups is 1. The highest BCUT2D eigenvalue weighted by atomic mass is 19.4. The average molecular weight is 529 g/mol. The van der Waals surface area contributed by atoms with Crippen molar-refractivity contribution in [1.29, 1.82) is 0 Å². The van der Waals surface area contributed by atoms with Gasteiger partial charge >= 0.3 is 18.0 Å². The van der Waals surface area contributed by atoms with Gasteiger partial charge < -0.3 is 4.74 Å². The number of hydrogen-bond acceptors (Lipinski definition) is 4. The molecular formula is C25H25F6N3O3. The van der Waals surface area contributed by atoms with Gasteiger partial charge in [0.15, 0.2) is 11.6 Å². The SMILES string of the molecule is COCCn1c(-c2ccc(C(F)(F)F)cc2)nn(CC(=O)CC(C)(C)c2cccc(C(F)(F)F)c2)c1=O. The fraction of sp³-hybridized carbons (Fsp3) is 0.400. The van der Waals surface area contributed by atoms with Crippen molar-refractivity contribution in [1.82, 2.24) is 14.3 Å². The molecule has 0 fully saturated rings. The molecule has 0 aliphatic rings. The van der Waals surface area contributed by atoms with Crippen LogP contribution in [0.2, 0.25) is 0 Å². The molecule has 12 heteroatoms. The van der Waals surface area contributed by atoms with E-state index in [4.69, 9.17) is 4.74 Å². The van der Waals surface area contributed by atoms with E-state index in [1.54, 1.807) is 13.8 Å². The summed E-state index contributed by atoms with van der Waals surface area (Å²) in [6, 6.07) is 8.77. The second-order valence-corrected chi connectivity index (χ2v) is 9.16. The van der Waals surface area contributed by atoms with E-state index in [2.05, 4.69) is 5.10 Å². The summed E-state index contributed by atoms with van der Waals surface area (Å²) in [6.07, 6.45) is -9.25. The molecule has 37 heavy (non-hydrogen) atoms. The third-order valence-electron chi connectivity index (χ3n) is 5.85. The van der Waals surface area contributed by atoms with Crippen LogP contribution in [0.5, 0.6) is 0 Å². The first-order chi connectivity index (χ1) is 17.1. The number of alkyl halides is 6. The van der Waals surface area contributed by atoms with Crippen LogP contribution in [0.15, 0.2) is 53.3 Å². The molecule has 0 aliphatic heterocycles. The van der Waals surface area contributed by atoms with Gasteiger partial charge in [0.05, 0.1) is 24.3 Å². The summed E-state index contributed by atoms with van der Waals surface area (Å²) in [4.78, 5) is 25.9. The molecule has 0 unspecified atom stereocenters. The number of methoxy groups -OCH3 is 1. The Morgan fingerprint density at radius 3 is 2.08 bits per heavy atom. The second-order valence-electron chi connectivity index (χ2n) is 9.16. The highest BCUT2D eigenvalue weighted by Gasteiger charge is 2.33. The summed E-state index contributed by atoms with van der Waals surface area (Å²) in [5.41, 5.74) is -2.81. The zero-order valence-corrected chi connectivity index (χ0v) is 20.3. The van der Waals surface area contributed by atoms with Crippen molar-refractivity contribution in [3.8, 4) is 11.4 Å². The van der Waals surface area contributed by atoms with E-state index in [1.165, 1.54) is 35.9 Å². The molecule has 0 amide bonds. The summed E-state index contributed by atoms with van der Waals surface area (Å²) < 4.78 is 85.2. The van der Waals surface area contributed by atoms with Crippen molar-refractivity contribution in [3.05, 3.63) is 75.7 Å². The van der Waals surface area contributed by atoms with Gasteiger partial charge in [-0.2, -0.15) is 26.3 Å². The third-order valence-corrected chi connectivity index (χ3v) is 5.85. The average Bonchev–Trinajstić information content (AvgIpc) is 3.11. The molecular weight excluding hydrogens is 504 g/mol. The van der Waals surface area contributed by atoms with Gasteiger partial charge in [0.2, 0.25) is 0 Å². The largest absolute Gasteiger partial charge is 0.416 e. The molecule has 6 nitrogen and oxygen atoms in total. The van der Waals surface area contributed by atoms with Crippen molar-refractivity contribution in [2.24, 2.45) is 0 Å². The Bertz CT molecular complexity index is 1300. The Labute approximate surface area is 208 Å². The monoisotopic (exact) mass is 529 g/mol. The first-order valence-electron chi connectivity index (χ1n) is 11.2. The Morgan fingerprint density at radius 2 is 1.51 bits per heavy atom. The molecule has 0 bridgehead atoms. The number of ether oxygens (including phenoxy) is 1. The van der Waals surface area contributed by atoms with Crippen molar-refractivity contribution in [2.75, 3.05) is 13.7 Å². The first kappa shape index (κ1) is 28.2. The fourth-order valence-corrected chi connectivity index (χ4v) is 3.88. The lowest BCUT2D eigenvalue weighted by Crippen LogP contribution is -2.31. The Kier molecular flexibility index (Phi) is 8.01. The Balaban J connectivity index is 1.87. The van der Waals surface area contributed by atoms with Gasteiger partial charge in [0, 0.05) is 19.1 Å². The fourth-order valence-electron chi connectivity index (χ4n) is 3.88.